The third-order valence-electron chi connectivity index (χ3n) is 4.81. The highest BCUT2D eigenvalue weighted by Crippen LogP contribution is 2.30. The SMILES string of the molecule is CC(C)C[C@H]1C(=O)N(C)C[C@@H]2CN(Cc3ccccc3Cl)C(=O)N21. The zero-order chi connectivity index (χ0) is 17.4. The first-order valence-corrected chi connectivity index (χ1v) is 8.82. The minimum absolute atomic E-state index is 0.0490. The van der Waals surface area contributed by atoms with Gasteiger partial charge in [0.1, 0.15) is 6.04 Å². The molecule has 0 saturated carbocycles. The van der Waals surface area contributed by atoms with Crippen molar-refractivity contribution in [2.45, 2.75) is 38.9 Å². The van der Waals surface area contributed by atoms with Crippen molar-refractivity contribution < 1.29 is 9.59 Å². The lowest BCUT2D eigenvalue weighted by Crippen LogP contribution is -2.60. The topological polar surface area (TPSA) is 43.9 Å². The van der Waals surface area contributed by atoms with Crippen LogP contribution in [-0.4, -0.2) is 58.9 Å². The van der Waals surface area contributed by atoms with Gasteiger partial charge in [-0.25, -0.2) is 4.79 Å². The second-order valence-corrected chi connectivity index (χ2v) is 7.59. The Balaban J connectivity index is 1.82. The van der Waals surface area contributed by atoms with Crippen LogP contribution < -0.4 is 0 Å². The molecule has 0 radical (unpaired) electrons. The molecule has 0 unspecified atom stereocenters. The van der Waals surface area contributed by atoms with Crippen molar-refractivity contribution in [2.75, 3.05) is 20.1 Å². The van der Waals surface area contributed by atoms with Crippen molar-refractivity contribution in [3.63, 3.8) is 0 Å². The average molecular weight is 350 g/mol. The first-order valence-electron chi connectivity index (χ1n) is 8.44. The second kappa shape index (κ2) is 6.63. The van der Waals surface area contributed by atoms with Gasteiger partial charge in [0.05, 0.1) is 6.04 Å². The number of hydrogen-bond donors (Lipinski definition) is 0. The van der Waals surface area contributed by atoms with Crippen LogP contribution in [0.4, 0.5) is 4.79 Å². The van der Waals surface area contributed by atoms with Crippen molar-refractivity contribution in [1.82, 2.24) is 14.7 Å². The van der Waals surface area contributed by atoms with Crippen LogP contribution in [0.5, 0.6) is 0 Å². The number of hydrogen-bond acceptors (Lipinski definition) is 2. The van der Waals surface area contributed by atoms with Gasteiger partial charge in [-0.1, -0.05) is 43.6 Å². The molecule has 0 bridgehead atoms. The van der Waals surface area contributed by atoms with Crippen LogP contribution >= 0.6 is 11.6 Å². The molecule has 5 nitrogen and oxygen atoms in total. The number of piperazine rings is 1. The van der Waals surface area contributed by atoms with E-state index in [2.05, 4.69) is 13.8 Å². The van der Waals surface area contributed by atoms with Crippen LogP contribution in [0.15, 0.2) is 24.3 Å². The van der Waals surface area contributed by atoms with Gasteiger partial charge in [-0.3, -0.25) is 4.79 Å². The Morgan fingerprint density at radius 3 is 2.58 bits per heavy atom. The first kappa shape index (κ1) is 17.1. The Kier molecular flexibility index (Phi) is 4.72. The van der Waals surface area contributed by atoms with Crippen LogP contribution in [-0.2, 0) is 11.3 Å². The lowest BCUT2D eigenvalue weighted by Gasteiger charge is -2.41. The van der Waals surface area contributed by atoms with E-state index in [1.807, 2.05) is 36.2 Å². The normalized spacial score (nSPS) is 24.1. The summed E-state index contributed by atoms with van der Waals surface area (Å²) in [5, 5.41) is 0.669. The van der Waals surface area contributed by atoms with Crippen molar-refractivity contribution in [3.05, 3.63) is 34.9 Å². The molecule has 0 aliphatic carbocycles. The fourth-order valence-corrected chi connectivity index (χ4v) is 3.87. The minimum Gasteiger partial charge on any atom is -0.342 e. The van der Waals surface area contributed by atoms with E-state index in [-0.39, 0.29) is 24.0 Å². The van der Waals surface area contributed by atoms with Gasteiger partial charge in [-0.15, -0.1) is 0 Å². The molecular formula is C18H24ClN3O2. The fourth-order valence-electron chi connectivity index (χ4n) is 3.68. The van der Waals surface area contributed by atoms with Gasteiger partial charge >= 0.3 is 6.03 Å². The third-order valence-corrected chi connectivity index (χ3v) is 5.18. The third kappa shape index (κ3) is 3.09. The first-order chi connectivity index (χ1) is 11.4. The van der Waals surface area contributed by atoms with E-state index in [1.165, 1.54) is 0 Å². The molecule has 2 aliphatic heterocycles. The van der Waals surface area contributed by atoms with Gasteiger partial charge in [-0.2, -0.15) is 0 Å². The molecule has 0 aromatic heterocycles. The quantitative estimate of drug-likeness (QED) is 0.839. The maximum Gasteiger partial charge on any atom is 0.321 e. The zero-order valence-corrected chi connectivity index (χ0v) is 15.2. The molecule has 2 saturated heterocycles. The van der Waals surface area contributed by atoms with E-state index in [1.54, 1.807) is 9.80 Å². The standard InChI is InChI=1S/C18H24ClN3O2/c1-12(2)8-16-17(23)20(3)10-14-11-21(18(24)22(14)16)9-13-6-4-5-7-15(13)19/h4-7,12,14,16H,8-11H2,1-3H3/t14-,16+/m1/s1. The van der Waals surface area contributed by atoms with Crippen molar-refractivity contribution in [2.24, 2.45) is 5.92 Å². The number of halogens is 1. The highest BCUT2D eigenvalue weighted by molar-refractivity contribution is 6.31. The number of urea groups is 1. The van der Waals surface area contributed by atoms with Crippen LogP contribution in [0, 0.1) is 5.92 Å². The summed E-state index contributed by atoms with van der Waals surface area (Å²) in [4.78, 5) is 30.9. The van der Waals surface area contributed by atoms with Crippen LogP contribution in [0.25, 0.3) is 0 Å². The van der Waals surface area contributed by atoms with Crippen molar-refractivity contribution in [3.8, 4) is 0 Å². The molecular weight excluding hydrogens is 326 g/mol. The van der Waals surface area contributed by atoms with E-state index in [4.69, 9.17) is 11.6 Å². The molecule has 0 N–H and O–H groups in total. The predicted molar refractivity (Wildman–Crippen MR) is 93.8 cm³/mol. The second-order valence-electron chi connectivity index (χ2n) is 7.18. The van der Waals surface area contributed by atoms with Gasteiger partial charge < -0.3 is 14.7 Å². The van der Waals surface area contributed by atoms with E-state index < -0.39 is 0 Å². The fraction of sp³-hybridized carbons (Fsp3) is 0.556. The Morgan fingerprint density at radius 1 is 1.21 bits per heavy atom. The molecule has 2 heterocycles. The Bertz CT molecular complexity index is 649. The summed E-state index contributed by atoms with van der Waals surface area (Å²) >= 11 is 6.23. The maximum atomic E-state index is 12.9. The number of amides is 3. The molecule has 2 aliphatic rings. The summed E-state index contributed by atoms with van der Waals surface area (Å²) in [7, 11) is 1.83. The summed E-state index contributed by atoms with van der Waals surface area (Å²) in [6.07, 6.45) is 0.700. The molecule has 1 aromatic rings. The van der Waals surface area contributed by atoms with Crippen LogP contribution in [0.2, 0.25) is 5.02 Å². The molecule has 2 fully saturated rings. The number of carbonyl (C=O) groups excluding carboxylic acids is 2. The van der Waals surface area contributed by atoms with Gasteiger partial charge in [0.25, 0.3) is 0 Å². The molecule has 3 rings (SSSR count). The predicted octanol–water partition coefficient (Wildman–Crippen LogP) is 2.83. The number of benzene rings is 1. The summed E-state index contributed by atoms with van der Waals surface area (Å²) < 4.78 is 0. The zero-order valence-electron chi connectivity index (χ0n) is 14.4. The van der Waals surface area contributed by atoms with Crippen molar-refractivity contribution in [1.29, 1.82) is 0 Å². The largest absolute Gasteiger partial charge is 0.342 e. The smallest absolute Gasteiger partial charge is 0.321 e. The molecule has 6 heteroatoms. The highest BCUT2D eigenvalue weighted by atomic mass is 35.5. The van der Waals surface area contributed by atoms with Gasteiger partial charge in [-0.05, 0) is 24.0 Å². The van der Waals surface area contributed by atoms with Crippen LogP contribution in [0.3, 0.4) is 0 Å². The summed E-state index contributed by atoms with van der Waals surface area (Å²) in [5.74, 6) is 0.407. The molecule has 130 valence electrons. The summed E-state index contributed by atoms with van der Waals surface area (Å²) in [6.45, 7) is 5.88. The van der Waals surface area contributed by atoms with Crippen molar-refractivity contribution >= 4 is 23.5 Å². The lowest BCUT2D eigenvalue weighted by molar-refractivity contribution is -0.140. The minimum atomic E-state index is -0.350. The lowest BCUT2D eigenvalue weighted by atomic mass is 9.98. The monoisotopic (exact) mass is 349 g/mol. The van der Waals surface area contributed by atoms with E-state index in [0.717, 1.165) is 5.56 Å². The molecule has 2 atom stereocenters. The molecule has 1 aromatic carbocycles. The number of carbonyl (C=O) groups is 2. The highest BCUT2D eigenvalue weighted by Gasteiger charge is 2.48. The number of nitrogens with zero attached hydrogens (tertiary/aromatic N) is 3. The number of fused-ring (bicyclic) bond motifs is 1. The molecule has 3 amide bonds. The van der Waals surface area contributed by atoms with E-state index >= 15 is 0 Å². The van der Waals surface area contributed by atoms with Crippen LogP contribution in [0.1, 0.15) is 25.8 Å². The Labute approximate surface area is 148 Å². The van der Waals surface area contributed by atoms with Gasteiger partial charge in [0.15, 0.2) is 0 Å². The molecule has 0 spiro atoms. The average Bonchev–Trinajstić information content (AvgIpc) is 2.82. The van der Waals surface area contributed by atoms with E-state index in [0.29, 0.717) is 37.0 Å². The Hall–Kier alpha value is -1.75. The Morgan fingerprint density at radius 2 is 1.92 bits per heavy atom. The van der Waals surface area contributed by atoms with Gasteiger partial charge in [0.2, 0.25) is 5.91 Å². The number of likely N-dealkylation sites (N-methyl/N-ethyl adjacent to an activating group) is 1. The van der Waals surface area contributed by atoms with Gasteiger partial charge in [0, 0.05) is 31.7 Å². The summed E-state index contributed by atoms with van der Waals surface area (Å²) in [5.41, 5.74) is 0.937. The van der Waals surface area contributed by atoms with E-state index in [9.17, 15) is 9.59 Å². The maximum absolute atomic E-state index is 12.9. The molecule has 24 heavy (non-hydrogen) atoms. The number of rotatable bonds is 4. The summed E-state index contributed by atoms with van der Waals surface area (Å²) in [6, 6.07) is 7.25.